The van der Waals surface area contributed by atoms with Gasteiger partial charge in [-0.05, 0) is 30.5 Å². The van der Waals surface area contributed by atoms with Crippen LogP contribution < -0.4 is 10.1 Å². The SMILES string of the molecule is O=C(NC1CS(=O)(=O)C1)[C@H]1CN(Cc2cccc(OCCO)c2)CC12CCOCC2. The van der Waals surface area contributed by atoms with Gasteiger partial charge < -0.3 is 19.9 Å². The fraction of sp³-hybridized carbons (Fsp3) is 0.667. The molecule has 1 aromatic carbocycles. The van der Waals surface area contributed by atoms with Gasteiger partial charge in [0.15, 0.2) is 9.84 Å². The van der Waals surface area contributed by atoms with Crippen molar-refractivity contribution in [3.8, 4) is 5.75 Å². The van der Waals surface area contributed by atoms with Crippen molar-refractivity contribution in [3.05, 3.63) is 29.8 Å². The van der Waals surface area contributed by atoms with Gasteiger partial charge >= 0.3 is 0 Å². The number of nitrogens with zero attached hydrogens (tertiary/aromatic N) is 1. The highest BCUT2D eigenvalue weighted by Gasteiger charge is 2.51. The van der Waals surface area contributed by atoms with Gasteiger partial charge in [-0.2, -0.15) is 0 Å². The molecule has 3 fully saturated rings. The number of carbonyl (C=O) groups excluding carboxylic acids is 1. The van der Waals surface area contributed by atoms with Crippen LogP contribution in [-0.2, 0) is 25.9 Å². The summed E-state index contributed by atoms with van der Waals surface area (Å²) in [6, 6.07) is 7.55. The molecule has 3 aliphatic heterocycles. The fourth-order valence-electron chi connectivity index (χ4n) is 4.94. The minimum atomic E-state index is -2.97. The summed E-state index contributed by atoms with van der Waals surface area (Å²) in [7, 11) is -2.97. The van der Waals surface area contributed by atoms with Gasteiger partial charge in [-0.15, -0.1) is 0 Å². The van der Waals surface area contributed by atoms with Crippen molar-refractivity contribution >= 4 is 15.7 Å². The molecule has 1 amide bonds. The molecule has 8 nitrogen and oxygen atoms in total. The van der Waals surface area contributed by atoms with Crippen LogP contribution in [0.2, 0.25) is 0 Å². The maximum absolute atomic E-state index is 13.1. The fourth-order valence-corrected chi connectivity index (χ4v) is 6.24. The van der Waals surface area contributed by atoms with Crippen molar-refractivity contribution in [3.63, 3.8) is 0 Å². The molecule has 3 saturated heterocycles. The van der Waals surface area contributed by atoms with Crippen LogP contribution in [0.3, 0.4) is 0 Å². The van der Waals surface area contributed by atoms with E-state index in [2.05, 4.69) is 10.2 Å². The summed E-state index contributed by atoms with van der Waals surface area (Å²) in [6.45, 7) is 3.71. The van der Waals surface area contributed by atoms with Crippen molar-refractivity contribution < 1.29 is 27.8 Å². The van der Waals surface area contributed by atoms with Crippen molar-refractivity contribution in [2.24, 2.45) is 11.3 Å². The molecule has 0 aliphatic carbocycles. The van der Waals surface area contributed by atoms with E-state index in [9.17, 15) is 13.2 Å². The van der Waals surface area contributed by atoms with E-state index < -0.39 is 9.84 Å². The van der Waals surface area contributed by atoms with Gasteiger partial charge in [0, 0.05) is 38.3 Å². The summed E-state index contributed by atoms with van der Waals surface area (Å²) >= 11 is 0. The zero-order chi connectivity index (χ0) is 21.2. The van der Waals surface area contributed by atoms with Crippen LogP contribution in [0.15, 0.2) is 24.3 Å². The van der Waals surface area contributed by atoms with E-state index >= 15 is 0 Å². The Hall–Kier alpha value is -1.68. The van der Waals surface area contributed by atoms with Gasteiger partial charge in [0.05, 0.1) is 30.1 Å². The number of benzene rings is 1. The lowest BCUT2D eigenvalue weighted by molar-refractivity contribution is -0.130. The van der Waals surface area contributed by atoms with E-state index in [1.54, 1.807) is 0 Å². The molecule has 0 radical (unpaired) electrons. The second-order valence-corrected chi connectivity index (χ2v) is 10.9. The summed E-state index contributed by atoms with van der Waals surface area (Å²) < 4.78 is 34.0. The van der Waals surface area contributed by atoms with E-state index in [-0.39, 0.29) is 48.0 Å². The van der Waals surface area contributed by atoms with Gasteiger partial charge in [-0.3, -0.25) is 9.69 Å². The minimum Gasteiger partial charge on any atom is -0.491 e. The molecule has 1 aromatic rings. The standard InChI is InChI=1S/C21H30N2O6S/c24-6-9-29-18-3-1-2-16(10-18)11-23-12-19(21(15-23)4-7-28-8-5-21)20(25)22-17-13-30(26,27)14-17/h1-3,10,17,19,24H,4-9,11-15H2,(H,22,25)/t19-/m1/s1. The molecule has 3 aliphatic rings. The lowest BCUT2D eigenvalue weighted by atomic mass is 9.71. The van der Waals surface area contributed by atoms with Gasteiger partial charge in [-0.25, -0.2) is 8.42 Å². The number of sulfone groups is 1. The van der Waals surface area contributed by atoms with Gasteiger partial charge in [0.2, 0.25) is 5.91 Å². The molecule has 0 unspecified atom stereocenters. The number of hydrogen-bond donors (Lipinski definition) is 2. The Bertz CT molecular complexity index is 856. The van der Waals surface area contributed by atoms with Crippen molar-refractivity contribution in [1.29, 1.82) is 0 Å². The van der Waals surface area contributed by atoms with Crippen LogP contribution in [0, 0.1) is 11.3 Å². The minimum absolute atomic E-state index is 0.0277. The summed E-state index contributed by atoms with van der Waals surface area (Å²) in [5.74, 6) is 0.623. The first kappa shape index (κ1) is 21.5. The highest BCUT2D eigenvalue weighted by molar-refractivity contribution is 7.92. The number of likely N-dealkylation sites (tertiary alicyclic amines) is 1. The predicted molar refractivity (Wildman–Crippen MR) is 111 cm³/mol. The molecule has 166 valence electrons. The Morgan fingerprint density at radius 1 is 1.30 bits per heavy atom. The first-order chi connectivity index (χ1) is 14.4. The number of rotatable bonds is 7. The maximum atomic E-state index is 13.1. The smallest absolute Gasteiger partial charge is 0.225 e. The van der Waals surface area contributed by atoms with Gasteiger partial charge in [0.1, 0.15) is 12.4 Å². The summed E-state index contributed by atoms with van der Waals surface area (Å²) in [5, 5.41) is 11.9. The second-order valence-electron chi connectivity index (χ2n) is 8.70. The second kappa shape index (κ2) is 8.82. The topological polar surface area (TPSA) is 105 Å². The molecule has 3 heterocycles. The molecular formula is C21H30N2O6S. The van der Waals surface area contributed by atoms with Gasteiger partial charge in [-0.1, -0.05) is 12.1 Å². The Kier molecular flexibility index (Phi) is 6.34. The Labute approximate surface area is 177 Å². The van der Waals surface area contributed by atoms with E-state index in [0.717, 1.165) is 30.7 Å². The highest BCUT2D eigenvalue weighted by Crippen LogP contribution is 2.45. The molecule has 1 atom stereocenters. The van der Waals surface area contributed by atoms with E-state index in [1.165, 1.54) is 0 Å². The average molecular weight is 439 g/mol. The quantitative estimate of drug-likeness (QED) is 0.627. The monoisotopic (exact) mass is 438 g/mol. The molecular weight excluding hydrogens is 408 g/mol. The number of nitrogens with one attached hydrogen (secondary N) is 1. The van der Waals surface area contributed by atoms with Crippen LogP contribution in [0.1, 0.15) is 18.4 Å². The molecule has 4 rings (SSSR count). The molecule has 0 bridgehead atoms. The molecule has 0 saturated carbocycles. The number of amides is 1. The first-order valence-electron chi connectivity index (χ1n) is 10.5. The third-order valence-electron chi connectivity index (χ3n) is 6.44. The summed E-state index contributed by atoms with van der Waals surface area (Å²) in [5.41, 5.74) is 0.967. The number of aliphatic hydroxyl groups excluding tert-OH is 1. The lowest BCUT2D eigenvalue weighted by Crippen LogP contribution is -2.56. The van der Waals surface area contributed by atoms with Crippen LogP contribution >= 0.6 is 0 Å². The number of hydrogen-bond acceptors (Lipinski definition) is 7. The lowest BCUT2D eigenvalue weighted by Gasteiger charge is -2.38. The summed E-state index contributed by atoms with van der Waals surface area (Å²) in [4.78, 5) is 15.4. The largest absolute Gasteiger partial charge is 0.491 e. The van der Waals surface area contributed by atoms with Crippen LogP contribution in [-0.4, -0.2) is 81.4 Å². The molecule has 0 aromatic heterocycles. The predicted octanol–water partition coefficient (Wildman–Crippen LogP) is 0.200. The Balaban J connectivity index is 1.44. The molecule has 2 N–H and O–H groups in total. The highest BCUT2D eigenvalue weighted by atomic mass is 32.2. The van der Waals surface area contributed by atoms with E-state index in [1.807, 2.05) is 24.3 Å². The normalized spacial score (nSPS) is 25.7. The summed E-state index contributed by atoms with van der Waals surface area (Å²) in [6.07, 6.45) is 1.68. The van der Waals surface area contributed by atoms with Gasteiger partial charge in [0.25, 0.3) is 0 Å². The van der Waals surface area contributed by atoms with Crippen LogP contribution in [0.4, 0.5) is 0 Å². The zero-order valence-corrected chi connectivity index (χ0v) is 17.9. The van der Waals surface area contributed by atoms with Crippen LogP contribution in [0.25, 0.3) is 0 Å². The Morgan fingerprint density at radius 3 is 2.77 bits per heavy atom. The first-order valence-corrected chi connectivity index (χ1v) is 12.3. The number of ether oxygens (including phenoxy) is 2. The average Bonchev–Trinajstić information content (AvgIpc) is 3.03. The van der Waals surface area contributed by atoms with Crippen molar-refractivity contribution in [2.75, 3.05) is 51.0 Å². The molecule has 9 heteroatoms. The van der Waals surface area contributed by atoms with Crippen LogP contribution in [0.5, 0.6) is 5.75 Å². The molecule has 1 spiro atoms. The maximum Gasteiger partial charge on any atom is 0.225 e. The van der Waals surface area contributed by atoms with Crippen molar-refractivity contribution in [2.45, 2.75) is 25.4 Å². The Morgan fingerprint density at radius 2 is 2.07 bits per heavy atom. The zero-order valence-electron chi connectivity index (χ0n) is 17.1. The third-order valence-corrected chi connectivity index (χ3v) is 8.27. The van der Waals surface area contributed by atoms with Crippen molar-refractivity contribution in [1.82, 2.24) is 10.2 Å². The van der Waals surface area contributed by atoms with E-state index in [4.69, 9.17) is 14.6 Å². The number of aliphatic hydroxyl groups is 1. The third kappa shape index (κ3) is 4.80. The molecule has 30 heavy (non-hydrogen) atoms. The van der Waals surface area contributed by atoms with E-state index in [0.29, 0.717) is 26.3 Å². The number of carbonyl (C=O) groups is 1.